The van der Waals surface area contributed by atoms with Crippen LogP contribution in [-0.2, 0) is 12.8 Å². The maximum Gasteiger partial charge on any atom is 0.146 e. The van der Waals surface area contributed by atoms with Crippen molar-refractivity contribution in [2.75, 3.05) is 18.8 Å². The first-order valence-electron chi connectivity index (χ1n) is 9.91. The number of rotatable bonds is 1. The van der Waals surface area contributed by atoms with Gasteiger partial charge in [-0.25, -0.2) is 0 Å². The third-order valence-electron chi connectivity index (χ3n) is 5.50. The number of fused-ring (bicyclic) bond motifs is 3. The standard InChI is InChI=1S/C16H17N3O.C5H11N/c17-14-8-11-3-1-2-10-6-12(9-4-5-9)7-13(20)15(10)16(11)19-18-14;1-2-4-6-5-3-1/h6-9,20H,1-5H2,(H2,17,18);6H,1-5H2. The molecule has 0 bridgehead atoms. The molecule has 1 saturated carbocycles. The Labute approximate surface area is 155 Å². The fourth-order valence-corrected chi connectivity index (χ4v) is 3.95. The maximum atomic E-state index is 10.5. The molecule has 26 heavy (non-hydrogen) atoms. The van der Waals surface area contributed by atoms with Crippen LogP contribution in [0.25, 0.3) is 11.3 Å². The zero-order valence-electron chi connectivity index (χ0n) is 15.3. The van der Waals surface area contributed by atoms with Gasteiger partial charge in [-0.15, -0.1) is 10.2 Å². The highest BCUT2D eigenvalue weighted by Crippen LogP contribution is 2.45. The van der Waals surface area contributed by atoms with Crippen LogP contribution in [0, 0.1) is 0 Å². The predicted octanol–water partition coefficient (Wildman–Crippen LogP) is 3.56. The van der Waals surface area contributed by atoms with Crippen LogP contribution in [0.4, 0.5) is 5.82 Å². The molecule has 0 radical (unpaired) electrons. The molecule has 1 aromatic carbocycles. The third kappa shape index (κ3) is 3.83. The quantitative estimate of drug-likeness (QED) is 0.731. The Balaban J connectivity index is 0.000000240. The van der Waals surface area contributed by atoms with E-state index in [-0.39, 0.29) is 0 Å². The molecule has 0 unspecified atom stereocenters. The molecule has 1 saturated heterocycles. The topological polar surface area (TPSA) is 84.1 Å². The Morgan fingerprint density at radius 2 is 1.69 bits per heavy atom. The summed E-state index contributed by atoms with van der Waals surface area (Å²) in [5, 5.41) is 21.9. The summed E-state index contributed by atoms with van der Waals surface area (Å²) in [6.07, 6.45) is 9.66. The van der Waals surface area contributed by atoms with Crippen molar-refractivity contribution in [3.8, 4) is 17.0 Å². The van der Waals surface area contributed by atoms with E-state index in [1.807, 2.05) is 12.1 Å². The van der Waals surface area contributed by atoms with Crippen molar-refractivity contribution in [2.24, 2.45) is 0 Å². The second-order valence-electron chi connectivity index (χ2n) is 7.66. The summed E-state index contributed by atoms with van der Waals surface area (Å²) in [5.74, 6) is 1.43. The highest BCUT2D eigenvalue weighted by atomic mass is 16.3. The molecule has 1 aromatic heterocycles. The van der Waals surface area contributed by atoms with Gasteiger partial charge in [-0.05, 0) is 92.8 Å². The van der Waals surface area contributed by atoms with Crippen molar-refractivity contribution in [1.29, 1.82) is 0 Å². The first-order valence-corrected chi connectivity index (χ1v) is 9.91. The molecule has 2 aliphatic carbocycles. The van der Waals surface area contributed by atoms with Crippen LogP contribution >= 0.6 is 0 Å². The molecule has 2 fully saturated rings. The van der Waals surface area contributed by atoms with Crippen LogP contribution in [0.15, 0.2) is 18.2 Å². The lowest BCUT2D eigenvalue weighted by Crippen LogP contribution is -2.21. The average molecular weight is 352 g/mol. The van der Waals surface area contributed by atoms with Gasteiger partial charge in [0, 0.05) is 5.56 Å². The Kier molecular flexibility index (Phi) is 5.07. The minimum absolute atomic E-state index is 0.339. The minimum atomic E-state index is 0.339. The van der Waals surface area contributed by atoms with Gasteiger partial charge in [-0.2, -0.15) is 0 Å². The van der Waals surface area contributed by atoms with Gasteiger partial charge in [-0.3, -0.25) is 0 Å². The van der Waals surface area contributed by atoms with E-state index in [1.165, 1.54) is 56.3 Å². The van der Waals surface area contributed by atoms with Crippen LogP contribution in [0.1, 0.15) is 61.1 Å². The lowest BCUT2D eigenvalue weighted by molar-refractivity contribution is 0.475. The number of aromatic hydroxyl groups is 1. The lowest BCUT2D eigenvalue weighted by atomic mass is 9.96. The molecule has 5 heteroatoms. The van der Waals surface area contributed by atoms with E-state index < -0.39 is 0 Å². The van der Waals surface area contributed by atoms with Gasteiger partial charge < -0.3 is 16.2 Å². The second-order valence-corrected chi connectivity index (χ2v) is 7.66. The van der Waals surface area contributed by atoms with Crippen LogP contribution in [0.3, 0.4) is 0 Å². The van der Waals surface area contributed by atoms with E-state index >= 15 is 0 Å². The maximum absolute atomic E-state index is 10.5. The summed E-state index contributed by atoms with van der Waals surface area (Å²) in [6, 6.07) is 6.04. The van der Waals surface area contributed by atoms with Crippen molar-refractivity contribution < 1.29 is 5.11 Å². The molecule has 2 heterocycles. The number of phenolic OH excluding ortho intramolecular Hbond substituents is 1. The zero-order valence-corrected chi connectivity index (χ0v) is 15.3. The molecule has 5 nitrogen and oxygen atoms in total. The third-order valence-corrected chi connectivity index (χ3v) is 5.50. The van der Waals surface area contributed by atoms with Crippen molar-refractivity contribution in [3.63, 3.8) is 0 Å². The van der Waals surface area contributed by atoms with E-state index in [2.05, 4.69) is 21.6 Å². The minimum Gasteiger partial charge on any atom is -0.507 e. The molecular weight excluding hydrogens is 324 g/mol. The van der Waals surface area contributed by atoms with Gasteiger partial charge in [0.25, 0.3) is 0 Å². The van der Waals surface area contributed by atoms with Crippen molar-refractivity contribution in [1.82, 2.24) is 15.5 Å². The lowest BCUT2D eigenvalue weighted by Gasteiger charge is -2.12. The summed E-state index contributed by atoms with van der Waals surface area (Å²) in [6.45, 7) is 2.50. The summed E-state index contributed by atoms with van der Waals surface area (Å²) in [4.78, 5) is 0. The summed E-state index contributed by atoms with van der Waals surface area (Å²) < 4.78 is 0. The number of nitrogen functional groups attached to an aromatic ring is 1. The predicted molar refractivity (Wildman–Crippen MR) is 104 cm³/mol. The largest absolute Gasteiger partial charge is 0.507 e. The molecule has 3 aliphatic rings. The number of aromatic nitrogens is 2. The van der Waals surface area contributed by atoms with Gasteiger partial charge in [0.2, 0.25) is 0 Å². The molecule has 5 rings (SSSR count). The molecule has 4 N–H and O–H groups in total. The van der Waals surface area contributed by atoms with Gasteiger partial charge in [0.15, 0.2) is 0 Å². The number of phenols is 1. The zero-order chi connectivity index (χ0) is 17.9. The number of nitrogens with one attached hydrogen (secondary N) is 1. The molecule has 138 valence electrons. The SMILES string of the molecule is C1CCNCC1.Nc1cc2c(nn1)-c1c(O)cc(C3CC3)cc1CCC2. The summed E-state index contributed by atoms with van der Waals surface area (Å²) >= 11 is 0. The van der Waals surface area contributed by atoms with Gasteiger partial charge in [0.1, 0.15) is 17.3 Å². The van der Waals surface area contributed by atoms with Gasteiger partial charge in [0.05, 0.1) is 0 Å². The van der Waals surface area contributed by atoms with Crippen LogP contribution in [0.5, 0.6) is 5.75 Å². The highest BCUT2D eigenvalue weighted by molar-refractivity contribution is 5.75. The molecule has 2 aromatic rings. The summed E-state index contributed by atoms with van der Waals surface area (Å²) in [5.41, 5.74) is 10.9. The van der Waals surface area contributed by atoms with Crippen LogP contribution in [0.2, 0.25) is 0 Å². The van der Waals surface area contributed by atoms with Crippen molar-refractivity contribution >= 4 is 5.82 Å². The smallest absolute Gasteiger partial charge is 0.146 e. The van der Waals surface area contributed by atoms with Gasteiger partial charge >= 0.3 is 0 Å². The number of piperidine rings is 1. The van der Waals surface area contributed by atoms with Crippen LogP contribution < -0.4 is 11.1 Å². The number of aryl methyl sites for hydroxylation is 2. The Bertz CT molecular complexity index is 770. The monoisotopic (exact) mass is 352 g/mol. The first kappa shape index (κ1) is 17.3. The first-order chi connectivity index (χ1) is 12.7. The molecular formula is C21H28N4O. The van der Waals surface area contributed by atoms with E-state index in [0.717, 1.165) is 36.1 Å². The normalized spacial score (nSPS) is 18.8. The van der Waals surface area contributed by atoms with Crippen molar-refractivity contribution in [2.45, 2.75) is 57.3 Å². The van der Waals surface area contributed by atoms with E-state index in [4.69, 9.17) is 5.73 Å². The van der Waals surface area contributed by atoms with Crippen LogP contribution in [-0.4, -0.2) is 28.4 Å². The second kappa shape index (κ2) is 7.62. The number of benzene rings is 1. The number of hydrogen-bond donors (Lipinski definition) is 3. The molecule has 1 aliphatic heterocycles. The number of nitrogens with zero attached hydrogens (tertiary/aromatic N) is 2. The average Bonchev–Trinajstić information content (AvgIpc) is 3.50. The number of anilines is 1. The van der Waals surface area contributed by atoms with Crippen molar-refractivity contribution in [3.05, 3.63) is 34.9 Å². The van der Waals surface area contributed by atoms with E-state index in [1.54, 1.807) is 0 Å². The molecule has 0 amide bonds. The molecule has 0 spiro atoms. The number of nitrogens with two attached hydrogens (primary N) is 1. The fraction of sp³-hybridized carbons (Fsp3) is 0.524. The van der Waals surface area contributed by atoms with Gasteiger partial charge in [-0.1, -0.05) is 12.5 Å². The molecule has 0 atom stereocenters. The van der Waals surface area contributed by atoms with E-state index in [0.29, 0.717) is 17.5 Å². The number of hydrogen-bond acceptors (Lipinski definition) is 5. The highest BCUT2D eigenvalue weighted by Gasteiger charge is 2.27. The Morgan fingerprint density at radius 1 is 0.923 bits per heavy atom. The van der Waals surface area contributed by atoms with E-state index in [9.17, 15) is 5.11 Å². The Morgan fingerprint density at radius 3 is 2.35 bits per heavy atom. The fourth-order valence-electron chi connectivity index (χ4n) is 3.95. The summed E-state index contributed by atoms with van der Waals surface area (Å²) in [7, 11) is 0. The Hall–Kier alpha value is -2.14.